The molecule has 0 N–H and O–H groups in total. The molecule has 0 bridgehead atoms. The Kier molecular flexibility index (Phi) is 7.50. The zero-order valence-electron chi connectivity index (χ0n) is 15.7. The largest absolute Gasteiger partial charge is 0.426 e. The van der Waals surface area contributed by atoms with Gasteiger partial charge in [0.25, 0.3) is 0 Å². The third kappa shape index (κ3) is 5.59. The summed E-state index contributed by atoms with van der Waals surface area (Å²) in [5.41, 5.74) is 1.05. The maximum absolute atomic E-state index is 12.4. The van der Waals surface area contributed by atoms with E-state index in [9.17, 15) is 10.1 Å². The van der Waals surface area contributed by atoms with Crippen LogP contribution in [0.2, 0.25) is 0 Å². The number of hydrogen-bond acceptors (Lipinski definition) is 3. The van der Waals surface area contributed by atoms with Gasteiger partial charge in [-0.2, -0.15) is 5.26 Å². The van der Waals surface area contributed by atoms with Crippen LogP contribution >= 0.6 is 0 Å². The number of carbonyl (C=O) groups is 1. The van der Waals surface area contributed by atoms with Gasteiger partial charge < -0.3 is 4.74 Å². The Morgan fingerprint density at radius 1 is 1.16 bits per heavy atom. The minimum absolute atomic E-state index is 0.0667. The van der Waals surface area contributed by atoms with E-state index in [1.165, 1.54) is 18.4 Å². The van der Waals surface area contributed by atoms with Crippen molar-refractivity contribution in [2.75, 3.05) is 0 Å². The molecule has 3 nitrogen and oxygen atoms in total. The van der Waals surface area contributed by atoms with Gasteiger partial charge >= 0.3 is 5.97 Å². The average Bonchev–Trinajstić information content (AvgIpc) is 2.64. The number of esters is 1. The summed E-state index contributed by atoms with van der Waals surface area (Å²) in [6, 6.07) is 10.4. The van der Waals surface area contributed by atoms with Crippen LogP contribution in [0.5, 0.6) is 5.75 Å². The van der Waals surface area contributed by atoms with Crippen LogP contribution in [0.15, 0.2) is 24.3 Å². The van der Waals surface area contributed by atoms with Crippen LogP contribution in [0.3, 0.4) is 0 Å². The first-order chi connectivity index (χ1) is 12.1. The van der Waals surface area contributed by atoms with Crippen molar-refractivity contribution in [2.45, 2.75) is 78.1 Å². The Hall–Kier alpha value is -1.82. The standard InChI is InChI=1S/C22H31NO2/c1-3-5-6-14-22(17-23)15-12-19(13-16-22)21(24)25-20-10-8-18(7-4-2)9-11-20/h8-11,19H,3-7,12-16H2,1-2H3. The molecule has 1 saturated carbocycles. The monoisotopic (exact) mass is 341 g/mol. The van der Waals surface area contributed by atoms with Gasteiger partial charge in [-0.05, 0) is 56.2 Å². The molecule has 0 aromatic heterocycles. The lowest BCUT2D eigenvalue weighted by Crippen LogP contribution is -2.31. The molecule has 1 aromatic carbocycles. The normalized spacial score (nSPS) is 23.0. The quantitative estimate of drug-likeness (QED) is 0.340. The fraction of sp³-hybridized carbons (Fsp3) is 0.636. The van der Waals surface area contributed by atoms with Crippen LogP contribution in [-0.4, -0.2) is 5.97 Å². The third-order valence-corrected chi connectivity index (χ3v) is 5.45. The van der Waals surface area contributed by atoms with Crippen molar-refractivity contribution in [3.63, 3.8) is 0 Å². The number of hydrogen-bond donors (Lipinski definition) is 0. The molecule has 0 spiro atoms. The predicted molar refractivity (Wildman–Crippen MR) is 100 cm³/mol. The van der Waals surface area contributed by atoms with Gasteiger partial charge in [-0.15, -0.1) is 0 Å². The Bertz CT molecular complexity index is 577. The van der Waals surface area contributed by atoms with Crippen molar-refractivity contribution in [1.29, 1.82) is 5.26 Å². The summed E-state index contributed by atoms with van der Waals surface area (Å²) in [5, 5.41) is 9.60. The van der Waals surface area contributed by atoms with Gasteiger partial charge in [-0.25, -0.2) is 0 Å². The second-order valence-corrected chi connectivity index (χ2v) is 7.44. The summed E-state index contributed by atoms with van der Waals surface area (Å²) in [6.45, 7) is 4.33. The molecule has 136 valence electrons. The summed E-state index contributed by atoms with van der Waals surface area (Å²) in [5.74, 6) is 0.427. The Morgan fingerprint density at radius 3 is 2.40 bits per heavy atom. The summed E-state index contributed by atoms with van der Waals surface area (Å²) in [4.78, 5) is 12.4. The smallest absolute Gasteiger partial charge is 0.314 e. The highest BCUT2D eigenvalue weighted by molar-refractivity contribution is 5.75. The van der Waals surface area contributed by atoms with E-state index in [0.717, 1.165) is 51.4 Å². The van der Waals surface area contributed by atoms with Crippen molar-refractivity contribution in [1.82, 2.24) is 0 Å². The molecule has 1 fully saturated rings. The van der Waals surface area contributed by atoms with E-state index in [0.29, 0.717) is 5.75 Å². The summed E-state index contributed by atoms with van der Waals surface area (Å²) >= 11 is 0. The maximum atomic E-state index is 12.4. The Labute approximate surface area is 152 Å². The Balaban J connectivity index is 1.85. The van der Waals surface area contributed by atoms with E-state index >= 15 is 0 Å². The number of carbonyl (C=O) groups excluding carboxylic acids is 1. The van der Waals surface area contributed by atoms with E-state index in [-0.39, 0.29) is 17.3 Å². The lowest BCUT2D eigenvalue weighted by atomic mass is 9.69. The van der Waals surface area contributed by atoms with Gasteiger partial charge in [0.2, 0.25) is 0 Å². The van der Waals surface area contributed by atoms with Crippen molar-refractivity contribution in [3.05, 3.63) is 29.8 Å². The van der Waals surface area contributed by atoms with Gasteiger partial charge in [0.15, 0.2) is 0 Å². The molecule has 3 heteroatoms. The van der Waals surface area contributed by atoms with Crippen LogP contribution in [0, 0.1) is 22.7 Å². The summed E-state index contributed by atoms with van der Waals surface area (Å²) in [7, 11) is 0. The lowest BCUT2D eigenvalue weighted by Gasteiger charge is -2.34. The highest BCUT2D eigenvalue weighted by Gasteiger charge is 2.37. The third-order valence-electron chi connectivity index (χ3n) is 5.45. The number of nitriles is 1. The number of rotatable bonds is 8. The summed E-state index contributed by atoms with van der Waals surface area (Å²) < 4.78 is 5.57. The molecule has 0 atom stereocenters. The summed E-state index contributed by atoms with van der Waals surface area (Å²) in [6.07, 6.45) is 9.78. The van der Waals surface area contributed by atoms with Gasteiger partial charge in [-0.1, -0.05) is 51.7 Å². The van der Waals surface area contributed by atoms with Crippen molar-refractivity contribution in [3.8, 4) is 11.8 Å². The molecule has 0 aliphatic heterocycles. The van der Waals surface area contributed by atoms with Crippen LogP contribution in [0.4, 0.5) is 0 Å². The first kappa shape index (κ1) is 19.5. The number of unbranched alkanes of at least 4 members (excludes halogenated alkanes) is 2. The van der Waals surface area contributed by atoms with E-state index in [4.69, 9.17) is 4.74 Å². The fourth-order valence-corrected chi connectivity index (χ4v) is 3.75. The zero-order chi connectivity index (χ0) is 18.1. The van der Waals surface area contributed by atoms with Crippen LogP contribution in [-0.2, 0) is 11.2 Å². The molecule has 0 saturated heterocycles. The van der Waals surface area contributed by atoms with E-state index in [2.05, 4.69) is 19.9 Å². The van der Waals surface area contributed by atoms with Gasteiger partial charge in [0.05, 0.1) is 17.4 Å². The minimum Gasteiger partial charge on any atom is -0.426 e. The lowest BCUT2D eigenvalue weighted by molar-refractivity contribution is -0.140. The molecule has 2 rings (SSSR count). The average molecular weight is 341 g/mol. The molecule has 1 aliphatic carbocycles. The first-order valence-corrected chi connectivity index (χ1v) is 9.84. The highest BCUT2D eigenvalue weighted by Crippen LogP contribution is 2.42. The number of nitrogens with zero attached hydrogens (tertiary/aromatic N) is 1. The van der Waals surface area contributed by atoms with E-state index in [1.54, 1.807) is 0 Å². The van der Waals surface area contributed by atoms with Crippen molar-refractivity contribution < 1.29 is 9.53 Å². The molecule has 1 aromatic rings. The van der Waals surface area contributed by atoms with Crippen molar-refractivity contribution >= 4 is 5.97 Å². The molecule has 0 unspecified atom stereocenters. The van der Waals surface area contributed by atoms with Gasteiger partial charge in [0.1, 0.15) is 5.75 Å². The molecule has 0 radical (unpaired) electrons. The number of benzene rings is 1. The Morgan fingerprint density at radius 2 is 1.84 bits per heavy atom. The predicted octanol–water partition coefficient (Wildman–Crippen LogP) is 5.82. The van der Waals surface area contributed by atoms with Crippen LogP contribution < -0.4 is 4.74 Å². The molecule has 0 heterocycles. The number of aryl methyl sites for hydroxylation is 1. The maximum Gasteiger partial charge on any atom is 0.314 e. The second kappa shape index (κ2) is 9.61. The minimum atomic E-state index is -0.215. The SMILES string of the molecule is CCCCCC1(C#N)CCC(C(=O)Oc2ccc(CCC)cc2)CC1. The molecular formula is C22H31NO2. The molecular weight excluding hydrogens is 310 g/mol. The topological polar surface area (TPSA) is 50.1 Å². The zero-order valence-corrected chi connectivity index (χ0v) is 15.7. The van der Waals surface area contributed by atoms with Gasteiger partial charge in [0, 0.05) is 0 Å². The van der Waals surface area contributed by atoms with Crippen molar-refractivity contribution in [2.24, 2.45) is 11.3 Å². The molecule has 25 heavy (non-hydrogen) atoms. The fourth-order valence-electron chi connectivity index (χ4n) is 3.75. The van der Waals surface area contributed by atoms with Crippen LogP contribution in [0.1, 0.15) is 77.2 Å². The first-order valence-electron chi connectivity index (χ1n) is 9.84. The second-order valence-electron chi connectivity index (χ2n) is 7.44. The van der Waals surface area contributed by atoms with E-state index < -0.39 is 0 Å². The molecule has 0 amide bonds. The highest BCUT2D eigenvalue weighted by atomic mass is 16.5. The number of ether oxygens (including phenoxy) is 1. The molecule has 1 aliphatic rings. The van der Waals surface area contributed by atoms with Crippen LogP contribution in [0.25, 0.3) is 0 Å². The van der Waals surface area contributed by atoms with Gasteiger partial charge in [-0.3, -0.25) is 4.79 Å². The van der Waals surface area contributed by atoms with E-state index in [1.807, 2.05) is 24.3 Å².